The minimum Gasteiger partial charge on any atom is -0.492 e. The maximum Gasteiger partial charge on any atom is 0.173 e. The number of methoxy groups -OCH3 is 1. The molecule has 1 atom stereocenters. The second kappa shape index (κ2) is 5.27. The average molecular weight is 271 g/mol. The summed E-state index contributed by atoms with van der Waals surface area (Å²) in [5, 5.41) is 0.165. The highest BCUT2D eigenvalue weighted by Gasteiger charge is 2.34. The van der Waals surface area contributed by atoms with Gasteiger partial charge in [-0.15, -0.1) is 0 Å². The largest absolute Gasteiger partial charge is 0.492 e. The van der Waals surface area contributed by atoms with Crippen molar-refractivity contribution >= 4 is 17.4 Å². The Balaban J connectivity index is 2.37. The van der Waals surface area contributed by atoms with E-state index in [1.807, 2.05) is 0 Å². The quantitative estimate of drug-likeness (QED) is 0.826. The van der Waals surface area contributed by atoms with E-state index in [-0.39, 0.29) is 22.5 Å². The minimum atomic E-state index is -0.479. The SMILES string of the molecule is CCCCC1Cc2c(cc(Cl)c(OC)c2F)C1=O. The molecule has 0 fully saturated rings. The van der Waals surface area contributed by atoms with Gasteiger partial charge in [0.05, 0.1) is 12.1 Å². The fraction of sp³-hybridized carbons (Fsp3) is 0.500. The van der Waals surface area contributed by atoms with Gasteiger partial charge in [-0.25, -0.2) is 4.39 Å². The summed E-state index contributed by atoms with van der Waals surface area (Å²) in [5.74, 6) is -0.522. The van der Waals surface area contributed by atoms with E-state index in [2.05, 4.69) is 6.92 Å². The van der Waals surface area contributed by atoms with Gasteiger partial charge >= 0.3 is 0 Å². The summed E-state index contributed by atoms with van der Waals surface area (Å²) in [6.45, 7) is 2.08. The number of ketones is 1. The normalized spacial score (nSPS) is 18.0. The van der Waals surface area contributed by atoms with Crippen LogP contribution in [0.15, 0.2) is 6.07 Å². The first kappa shape index (κ1) is 13.3. The van der Waals surface area contributed by atoms with Crippen LogP contribution in [0.1, 0.15) is 42.1 Å². The Hall–Kier alpha value is -1.09. The van der Waals surface area contributed by atoms with Crippen LogP contribution in [0.4, 0.5) is 4.39 Å². The second-order valence-electron chi connectivity index (χ2n) is 4.64. The van der Waals surface area contributed by atoms with Crippen molar-refractivity contribution in [2.24, 2.45) is 5.92 Å². The number of hydrogen-bond acceptors (Lipinski definition) is 2. The Morgan fingerprint density at radius 2 is 2.28 bits per heavy atom. The molecule has 0 saturated heterocycles. The molecule has 1 aliphatic carbocycles. The molecule has 0 heterocycles. The minimum absolute atomic E-state index is 0.0157. The molecule has 0 bridgehead atoms. The number of carbonyl (C=O) groups excluding carboxylic acids is 1. The molecule has 1 aliphatic rings. The lowest BCUT2D eigenvalue weighted by Gasteiger charge is -2.08. The topological polar surface area (TPSA) is 26.3 Å². The molecule has 1 unspecified atom stereocenters. The lowest BCUT2D eigenvalue weighted by atomic mass is 9.98. The number of fused-ring (bicyclic) bond motifs is 1. The maximum absolute atomic E-state index is 14.1. The van der Waals surface area contributed by atoms with Crippen LogP contribution in [0.5, 0.6) is 5.75 Å². The van der Waals surface area contributed by atoms with Crippen molar-refractivity contribution in [3.05, 3.63) is 28.0 Å². The van der Waals surface area contributed by atoms with Gasteiger partial charge in [0.25, 0.3) is 0 Å². The first-order valence-electron chi connectivity index (χ1n) is 6.19. The van der Waals surface area contributed by atoms with Gasteiger partial charge in [0.1, 0.15) is 0 Å². The van der Waals surface area contributed by atoms with Gasteiger partial charge < -0.3 is 4.74 Å². The van der Waals surface area contributed by atoms with Crippen molar-refractivity contribution in [3.63, 3.8) is 0 Å². The highest BCUT2D eigenvalue weighted by Crippen LogP contribution is 2.39. The average Bonchev–Trinajstić information content (AvgIpc) is 2.65. The van der Waals surface area contributed by atoms with Crippen LogP contribution in [0.25, 0.3) is 0 Å². The first-order chi connectivity index (χ1) is 8.60. The maximum atomic E-state index is 14.1. The smallest absolute Gasteiger partial charge is 0.173 e. The van der Waals surface area contributed by atoms with E-state index in [0.717, 1.165) is 19.3 Å². The van der Waals surface area contributed by atoms with Crippen LogP contribution in [-0.2, 0) is 6.42 Å². The van der Waals surface area contributed by atoms with E-state index >= 15 is 0 Å². The zero-order valence-corrected chi connectivity index (χ0v) is 11.3. The Morgan fingerprint density at radius 1 is 1.56 bits per heavy atom. The van der Waals surface area contributed by atoms with Crippen LogP contribution >= 0.6 is 11.6 Å². The van der Waals surface area contributed by atoms with E-state index in [9.17, 15) is 9.18 Å². The first-order valence-corrected chi connectivity index (χ1v) is 6.57. The van der Waals surface area contributed by atoms with Gasteiger partial charge in [-0.2, -0.15) is 0 Å². The van der Waals surface area contributed by atoms with Gasteiger partial charge in [-0.05, 0) is 18.9 Å². The number of hydrogen-bond donors (Lipinski definition) is 0. The molecule has 18 heavy (non-hydrogen) atoms. The molecule has 0 aromatic heterocycles. The lowest BCUT2D eigenvalue weighted by Crippen LogP contribution is -2.08. The summed E-state index contributed by atoms with van der Waals surface area (Å²) < 4.78 is 19.1. The summed E-state index contributed by atoms with van der Waals surface area (Å²) in [4.78, 5) is 12.1. The second-order valence-corrected chi connectivity index (χ2v) is 5.05. The van der Waals surface area contributed by atoms with E-state index in [1.54, 1.807) is 0 Å². The fourth-order valence-corrected chi connectivity index (χ4v) is 2.76. The van der Waals surface area contributed by atoms with Crippen LogP contribution < -0.4 is 4.74 Å². The van der Waals surface area contributed by atoms with Gasteiger partial charge in [-0.3, -0.25) is 4.79 Å². The lowest BCUT2D eigenvalue weighted by molar-refractivity contribution is 0.0929. The Bertz CT molecular complexity index is 485. The third kappa shape index (κ3) is 2.12. The molecular formula is C14H16ClFO2. The van der Waals surface area contributed by atoms with Gasteiger partial charge in [0, 0.05) is 17.0 Å². The number of unbranched alkanes of at least 4 members (excludes halogenated alkanes) is 1. The van der Waals surface area contributed by atoms with Crippen molar-refractivity contribution in [2.45, 2.75) is 32.6 Å². The summed E-state index contributed by atoms with van der Waals surface area (Å²) in [7, 11) is 1.38. The third-order valence-corrected chi connectivity index (χ3v) is 3.76. The highest BCUT2D eigenvalue weighted by molar-refractivity contribution is 6.32. The molecule has 0 amide bonds. The Labute approximate surface area is 111 Å². The predicted molar refractivity (Wildman–Crippen MR) is 69.0 cm³/mol. The monoisotopic (exact) mass is 270 g/mol. The summed E-state index contributed by atoms with van der Waals surface area (Å²) in [6, 6.07) is 1.53. The van der Waals surface area contributed by atoms with Crippen molar-refractivity contribution in [2.75, 3.05) is 7.11 Å². The summed E-state index contributed by atoms with van der Waals surface area (Å²) in [6.07, 6.45) is 3.29. The molecule has 98 valence electrons. The van der Waals surface area contributed by atoms with E-state index in [4.69, 9.17) is 16.3 Å². The van der Waals surface area contributed by atoms with E-state index in [1.165, 1.54) is 13.2 Å². The number of ether oxygens (including phenoxy) is 1. The number of benzene rings is 1. The third-order valence-electron chi connectivity index (χ3n) is 3.47. The van der Waals surface area contributed by atoms with Gasteiger partial charge in [0.15, 0.2) is 17.3 Å². The number of halogens is 2. The molecule has 0 radical (unpaired) electrons. The summed E-state index contributed by atoms with van der Waals surface area (Å²) >= 11 is 5.91. The van der Waals surface area contributed by atoms with Crippen LogP contribution in [0.2, 0.25) is 5.02 Å². The molecule has 0 aliphatic heterocycles. The molecule has 0 N–H and O–H groups in total. The van der Waals surface area contributed by atoms with Gasteiger partial charge in [0.2, 0.25) is 0 Å². The molecular weight excluding hydrogens is 255 g/mol. The van der Waals surface area contributed by atoms with Crippen molar-refractivity contribution in [1.29, 1.82) is 0 Å². The predicted octanol–water partition coefficient (Wildman–Crippen LogP) is 4.03. The molecule has 1 aromatic rings. The zero-order chi connectivity index (χ0) is 13.3. The molecule has 2 nitrogen and oxygen atoms in total. The molecule has 0 saturated carbocycles. The molecule has 2 rings (SSSR count). The Morgan fingerprint density at radius 3 is 2.89 bits per heavy atom. The van der Waals surface area contributed by atoms with Crippen molar-refractivity contribution < 1.29 is 13.9 Å². The number of carbonyl (C=O) groups is 1. The van der Waals surface area contributed by atoms with E-state index < -0.39 is 5.82 Å². The molecule has 0 spiro atoms. The van der Waals surface area contributed by atoms with Crippen LogP contribution in [-0.4, -0.2) is 12.9 Å². The van der Waals surface area contributed by atoms with Crippen molar-refractivity contribution in [3.8, 4) is 5.75 Å². The zero-order valence-electron chi connectivity index (χ0n) is 10.6. The van der Waals surface area contributed by atoms with Crippen LogP contribution in [0.3, 0.4) is 0 Å². The standard InChI is InChI=1S/C14H16ClFO2/c1-3-4-5-8-6-9-10(13(8)17)7-11(15)14(18-2)12(9)16/h7-8H,3-6H2,1-2H3. The van der Waals surface area contributed by atoms with Crippen molar-refractivity contribution in [1.82, 2.24) is 0 Å². The number of rotatable bonds is 4. The van der Waals surface area contributed by atoms with E-state index in [0.29, 0.717) is 17.5 Å². The molecule has 4 heteroatoms. The number of Topliss-reactive ketones (excluding diaryl/α,β-unsaturated/α-hetero) is 1. The Kier molecular flexibility index (Phi) is 3.91. The van der Waals surface area contributed by atoms with Gasteiger partial charge in [-0.1, -0.05) is 31.4 Å². The van der Waals surface area contributed by atoms with Crippen LogP contribution in [0, 0.1) is 11.7 Å². The fourth-order valence-electron chi connectivity index (χ4n) is 2.49. The molecule has 1 aromatic carbocycles. The highest BCUT2D eigenvalue weighted by atomic mass is 35.5. The summed E-state index contributed by atoms with van der Waals surface area (Å²) in [5.41, 5.74) is 0.891.